The summed E-state index contributed by atoms with van der Waals surface area (Å²) in [5.74, 6) is -0.502. The minimum Gasteiger partial charge on any atom is -0.371 e. The molecule has 1 atom stereocenters. The zero-order valence-electron chi connectivity index (χ0n) is 14.0. The van der Waals surface area contributed by atoms with Gasteiger partial charge < -0.3 is 10.4 Å². The number of fused-ring (bicyclic) bond motifs is 1. The standard InChI is InChI=1S/C19H19N3O3/c1-19(2,25)22-15-11-7-6-10-14(15)16(13-8-4-3-5-9-13)21-17(18(22)24)20-12-23/h3-12,17,25H,1-2H3,(H,20,23). The van der Waals surface area contributed by atoms with Gasteiger partial charge in [-0.3, -0.25) is 14.5 Å². The smallest absolute Gasteiger partial charge is 0.274 e. The largest absolute Gasteiger partial charge is 0.371 e. The van der Waals surface area contributed by atoms with Crippen LogP contribution in [0.25, 0.3) is 0 Å². The van der Waals surface area contributed by atoms with E-state index in [2.05, 4.69) is 10.3 Å². The lowest BCUT2D eigenvalue weighted by Crippen LogP contribution is -2.54. The third kappa shape index (κ3) is 3.16. The number of nitrogens with one attached hydrogen (secondary N) is 1. The maximum Gasteiger partial charge on any atom is 0.274 e. The fourth-order valence-electron chi connectivity index (χ4n) is 2.93. The van der Waals surface area contributed by atoms with Crippen molar-refractivity contribution < 1.29 is 14.7 Å². The van der Waals surface area contributed by atoms with E-state index in [-0.39, 0.29) is 0 Å². The highest BCUT2D eigenvalue weighted by atomic mass is 16.3. The van der Waals surface area contributed by atoms with Gasteiger partial charge in [-0.25, -0.2) is 4.99 Å². The van der Waals surface area contributed by atoms with E-state index in [1.807, 2.05) is 42.5 Å². The van der Waals surface area contributed by atoms with Crippen LogP contribution in [0.4, 0.5) is 5.69 Å². The minimum atomic E-state index is -1.46. The molecular formula is C19H19N3O3. The van der Waals surface area contributed by atoms with Crippen molar-refractivity contribution in [1.82, 2.24) is 5.32 Å². The van der Waals surface area contributed by atoms with Crippen LogP contribution in [0, 0.1) is 0 Å². The Labute approximate surface area is 145 Å². The molecule has 1 aliphatic heterocycles. The number of nitrogens with zero attached hydrogens (tertiary/aromatic N) is 2. The highest BCUT2D eigenvalue weighted by molar-refractivity contribution is 6.20. The van der Waals surface area contributed by atoms with E-state index in [0.717, 1.165) is 5.56 Å². The van der Waals surface area contributed by atoms with E-state index in [4.69, 9.17) is 0 Å². The molecule has 1 unspecified atom stereocenters. The fourth-order valence-corrected chi connectivity index (χ4v) is 2.93. The Kier molecular flexibility index (Phi) is 4.37. The zero-order valence-corrected chi connectivity index (χ0v) is 14.0. The summed E-state index contributed by atoms with van der Waals surface area (Å²) in [5, 5.41) is 13.0. The Morgan fingerprint density at radius 1 is 1.12 bits per heavy atom. The van der Waals surface area contributed by atoms with E-state index in [0.29, 0.717) is 23.4 Å². The normalized spacial score (nSPS) is 17.4. The van der Waals surface area contributed by atoms with Gasteiger partial charge in [-0.1, -0.05) is 48.5 Å². The van der Waals surface area contributed by atoms with Gasteiger partial charge in [0.1, 0.15) is 5.72 Å². The first-order chi connectivity index (χ1) is 11.9. The number of para-hydroxylation sites is 1. The molecule has 1 aliphatic rings. The van der Waals surface area contributed by atoms with Gasteiger partial charge in [0.25, 0.3) is 5.91 Å². The molecule has 2 aromatic rings. The molecule has 0 bridgehead atoms. The molecule has 3 rings (SSSR count). The molecule has 2 N–H and O–H groups in total. The van der Waals surface area contributed by atoms with Crippen LogP contribution in [0.3, 0.4) is 0 Å². The Bertz CT molecular complexity index is 825. The number of hydrogen-bond acceptors (Lipinski definition) is 4. The lowest BCUT2D eigenvalue weighted by Gasteiger charge is -2.35. The van der Waals surface area contributed by atoms with Crippen LogP contribution in [0.2, 0.25) is 0 Å². The molecule has 0 spiro atoms. The number of benzene rings is 2. The van der Waals surface area contributed by atoms with Crippen molar-refractivity contribution in [3.8, 4) is 0 Å². The van der Waals surface area contributed by atoms with Crippen LogP contribution in [0.1, 0.15) is 25.0 Å². The van der Waals surface area contributed by atoms with Gasteiger partial charge in [0.05, 0.1) is 11.4 Å². The third-order valence-corrected chi connectivity index (χ3v) is 3.93. The first-order valence-electron chi connectivity index (χ1n) is 7.92. The number of aliphatic hydroxyl groups is 1. The quantitative estimate of drug-likeness (QED) is 0.833. The summed E-state index contributed by atoms with van der Waals surface area (Å²) in [6, 6.07) is 16.7. The highest BCUT2D eigenvalue weighted by Gasteiger charge is 2.38. The van der Waals surface area contributed by atoms with Crippen molar-refractivity contribution in [3.05, 3.63) is 65.7 Å². The number of carbonyl (C=O) groups is 2. The van der Waals surface area contributed by atoms with Crippen LogP contribution >= 0.6 is 0 Å². The first kappa shape index (κ1) is 16.9. The summed E-state index contributed by atoms with van der Waals surface area (Å²) < 4.78 is 0. The monoisotopic (exact) mass is 337 g/mol. The number of aliphatic imine (C=N–C) groups is 1. The van der Waals surface area contributed by atoms with Crippen molar-refractivity contribution in [2.75, 3.05) is 4.90 Å². The van der Waals surface area contributed by atoms with Gasteiger partial charge in [0.2, 0.25) is 12.6 Å². The summed E-state index contributed by atoms with van der Waals surface area (Å²) in [7, 11) is 0. The summed E-state index contributed by atoms with van der Waals surface area (Å²) in [6.45, 7) is 3.04. The SMILES string of the molecule is CC(C)(O)N1C(=O)C(NC=O)N=C(c2ccccc2)c2ccccc21. The molecule has 2 amide bonds. The molecule has 1 heterocycles. The predicted octanol–water partition coefficient (Wildman–Crippen LogP) is 1.67. The number of amides is 2. The van der Waals surface area contributed by atoms with Crippen LogP contribution in [0.5, 0.6) is 0 Å². The molecule has 0 saturated heterocycles. The number of rotatable bonds is 4. The maximum absolute atomic E-state index is 13.0. The van der Waals surface area contributed by atoms with E-state index in [9.17, 15) is 14.7 Å². The maximum atomic E-state index is 13.0. The van der Waals surface area contributed by atoms with Crippen molar-refractivity contribution in [1.29, 1.82) is 0 Å². The number of carbonyl (C=O) groups excluding carboxylic acids is 2. The Morgan fingerprint density at radius 2 is 1.76 bits per heavy atom. The minimum absolute atomic E-state index is 0.438. The van der Waals surface area contributed by atoms with Crippen LogP contribution < -0.4 is 10.2 Å². The summed E-state index contributed by atoms with van der Waals surface area (Å²) in [6.07, 6.45) is -0.681. The van der Waals surface area contributed by atoms with Crippen molar-refractivity contribution in [2.24, 2.45) is 4.99 Å². The summed E-state index contributed by atoms with van der Waals surface area (Å²) in [5.41, 5.74) is 1.18. The summed E-state index contributed by atoms with van der Waals surface area (Å²) in [4.78, 5) is 29.7. The van der Waals surface area contributed by atoms with Gasteiger partial charge in [-0.2, -0.15) is 0 Å². The van der Waals surface area contributed by atoms with Crippen molar-refractivity contribution in [2.45, 2.75) is 25.7 Å². The van der Waals surface area contributed by atoms with E-state index in [1.54, 1.807) is 12.1 Å². The van der Waals surface area contributed by atoms with Crippen molar-refractivity contribution >= 4 is 23.7 Å². The third-order valence-electron chi connectivity index (χ3n) is 3.93. The van der Waals surface area contributed by atoms with E-state index >= 15 is 0 Å². The second kappa shape index (κ2) is 6.49. The van der Waals surface area contributed by atoms with Gasteiger partial charge >= 0.3 is 0 Å². The Morgan fingerprint density at radius 3 is 2.40 bits per heavy atom. The average molecular weight is 337 g/mol. The van der Waals surface area contributed by atoms with Crippen LogP contribution in [-0.2, 0) is 9.59 Å². The Hall–Kier alpha value is -2.99. The lowest BCUT2D eigenvalue weighted by molar-refractivity contribution is -0.126. The zero-order chi connectivity index (χ0) is 18.0. The molecule has 128 valence electrons. The second-order valence-electron chi connectivity index (χ2n) is 6.22. The predicted molar refractivity (Wildman–Crippen MR) is 95.3 cm³/mol. The van der Waals surface area contributed by atoms with Gasteiger partial charge in [-0.05, 0) is 19.9 Å². The molecule has 6 heteroatoms. The molecular weight excluding hydrogens is 318 g/mol. The number of hydrogen-bond donors (Lipinski definition) is 2. The molecule has 0 radical (unpaired) electrons. The van der Waals surface area contributed by atoms with E-state index in [1.165, 1.54) is 18.7 Å². The van der Waals surface area contributed by atoms with Gasteiger partial charge in [-0.15, -0.1) is 0 Å². The van der Waals surface area contributed by atoms with Gasteiger partial charge in [0.15, 0.2) is 0 Å². The van der Waals surface area contributed by atoms with Crippen LogP contribution in [-0.4, -0.2) is 35.0 Å². The van der Waals surface area contributed by atoms with Gasteiger partial charge in [0, 0.05) is 11.1 Å². The average Bonchev–Trinajstić information content (AvgIpc) is 2.71. The number of benzodiazepines with no additional fused rings is 1. The topological polar surface area (TPSA) is 82.0 Å². The molecule has 0 aliphatic carbocycles. The molecule has 25 heavy (non-hydrogen) atoms. The Balaban J connectivity index is 2.28. The number of anilines is 1. The molecule has 0 aromatic heterocycles. The lowest BCUT2D eigenvalue weighted by atomic mass is 9.99. The fraction of sp³-hybridized carbons (Fsp3) is 0.211. The van der Waals surface area contributed by atoms with E-state index < -0.39 is 17.8 Å². The first-order valence-corrected chi connectivity index (χ1v) is 7.92. The second-order valence-corrected chi connectivity index (χ2v) is 6.22. The van der Waals surface area contributed by atoms with Crippen molar-refractivity contribution in [3.63, 3.8) is 0 Å². The molecule has 2 aromatic carbocycles. The summed E-state index contributed by atoms with van der Waals surface area (Å²) >= 11 is 0. The highest BCUT2D eigenvalue weighted by Crippen LogP contribution is 2.32. The molecule has 0 saturated carbocycles. The van der Waals surface area contributed by atoms with Crippen LogP contribution in [0.15, 0.2) is 59.6 Å². The molecule has 6 nitrogen and oxygen atoms in total. The molecule has 0 fully saturated rings.